The van der Waals surface area contributed by atoms with Gasteiger partial charge in [0.25, 0.3) is 11.8 Å². The Morgan fingerprint density at radius 3 is 2.60 bits per heavy atom. The van der Waals surface area contributed by atoms with Crippen LogP contribution in [0.1, 0.15) is 31.8 Å². The van der Waals surface area contributed by atoms with Crippen molar-refractivity contribution in [2.75, 3.05) is 18.6 Å². The Balaban J connectivity index is 1.44. The molecule has 0 saturated heterocycles. The van der Waals surface area contributed by atoms with E-state index in [1.807, 2.05) is 12.1 Å². The fraction of sp³-hybridized carbons (Fsp3) is 0.167. The molecule has 30 heavy (non-hydrogen) atoms. The van der Waals surface area contributed by atoms with Crippen molar-refractivity contribution in [1.29, 1.82) is 0 Å². The number of benzene rings is 3. The monoisotopic (exact) mass is 420 g/mol. The van der Waals surface area contributed by atoms with E-state index in [0.29, 0.717) is 35.0 Å². The summed E-state index contributed by atoms with van der Waals surface area (Å²) in [6.45, 7) is 1.05. The molecule has 0 fully saturated rings. The highest BCUT2D eigenvalue weighted by Crippen LogP contribution is 2.30. The van der Waals surface area contributed by atoms with Gasteiger partial charge in [0.05, 0.1) is 7.11 Å². The average Bonchev–Trinajstić information content (AvgIpc) is 3.20. The van der Waals surface area contributed by atoms with Crippen LogP contribution in [0, 0.1) is 0 Å². The van der Waals surface area contributed by atoms with Gasteiger partial charge in [0, 0.05) is 34.9 Å². The largest absolute Gasteiger partial charge is 0.497 e. The molecule has 0 unspecified atom stereocenters. The second-order valence-corrected chi connectivity index (χ2v) is 7.53. The molecular formula is C24H21ClN2O3. The Morgan fingerprint density at radius 1 is 1.03 bits per heavy atom. The molecule has 0 aromatic heterocycles. The van der Waals surface area contributed by atoms with Gasteiger partial charge in [-0.05, 0) is 66.1 Å². The molecule has 3 aromatic carbocycles. The summed E-state index contributed by atoms with van der Waals surface area (Å²) in [5.41, 5.74) is 4.17. The van der Waals surface area contributed by atoms with Crippen molar-refractivity contribution in [1.82, 2.24) is 5.32 Å². The van der Waals surface area contributed by atoms with Crippen LogP contribution in [0.15, 0.2) is 66.7 Å². The van der Waals surface area contributed by atoms with Gasteiger partial charge in [-0.3, -0.25) is 9.59 Å². The lowest BCUT2D eigenvalue weighted by molar-refractivity contribution is 0.0949. The lowest BCUT2D eigenvalue weighted by Gasteiger charge is -2.18. The summed E-state index contributed by atoms with van der Waals surface area (Å²) in [6, 6.07) is 19.9. The van der Waals surface area contributed by atoms with Crippen LogP contribution in [-0.4, -0.2) is 25.5 Å². The topological polar surface area (TPSA) is 58.6 Å². The molecule has 0 radical (unpaired) electrons. The lowest BCUT2D eigenvalue weighted by atomic mass is 10.1. The van der Waals surface area contributed by atoms with Crippen molar-refractivity contribution >= 4 is 29.1 Å². The summed E-state index contributed by atoms with van der Waals surface area (Å²) < 4.78 is 5.17. The molecule has 2 amide bonds. The highest BCUT2D eigenvalue weighted by atomic mass is 35.5. The minimum Gasteiger partial charge on any atom is -0.497 e. The molecule has 1 heterocycles. The van der Waals surface area contributed by atoms with Crippen LogP contribution in [0.2, 0.25) is 5.02 Å². The minimum atomic E-state index is -0.158. The van der Waals surface area contributed by atoms with E-state index in [-0.39, 0.29) is 11.8 Å². The number of amides is 2. The summed E-state index contributed by atoms with van der Waals surface area (Å²) in [5, 5.41) is 3.54. The van der Waals surface area contributed by atoms with E-state index in [0.717, 1.165) is 23.2 Å². The number of hydrogen-bond acceptors (Lipinski definition) is 3. The Labute approximate surface area is 180 Å². The fourth-order valence-corrected chi connectivity index (χ4v) is 3.70. The average molecular weight is 421 g/mol. The van der Waals surface area contributed by atoms with Crippen LogP contribution < -0.4 is 15.0 Å². The first kappa shape index (κ1) is 20.0. The molecule has 4 rings (SSSR count). The van der Waals surface area contributed by atoms with E-state index >= 15 is 0 Å². The highest BCUT2D eigenvalue weighted by Gasteiger charge is 2.25. The number of carbonyl (C=O) groups is 2. The lowest BCUT2D eigenvalue weighted by Crippen LogP contribution is -2.28. The zero-order chi connectivity index (χ0) is 21.1. The van der Waals surface area contributed by atoms with Crippen molar-refractivity contribution in [3.8, 4) is 5.75 Å². The van der Waals surface area contributed by atoms with Crippen LogP contribution in [0.4, 0.5) is 5.69 Å². The summed E-state index contributed by atoms with van der Waals surface area (Å²) in [5.74, 6) is 0.448. The number of carbonyl (C=O) groups excluding carboxylic acids is 2. The van der Waals surface area contributed by atoms with Crippen molar-refractivity contribution in [3.05, 3.63) is 94.0 Å². The number of anilines is 1. The van der Waals surface area contributed by atoms with Crippen LogP contribution in [-0.2, 0) is 13.0 Å². The number of nitrogens with zero attached hydrogens (tertiary/aromatic N) is 1. The maximum atomic E-state index is 12.8. The van der Waals surface area contributed by atoms with Gasteiger partial charge in [-0.15, -0.1) is 0 Å². The molecule has 5 nitrogen and oxygen atoms in total. The predicted molar refractivity (Wildman–Crippen MR) is 117 cm³/mol. The van der Waals surface area contributed by atoms with Gasteiger partial charge >= 0.3 is 0 Å². The number of fused-ring (bicyclic) bond motifs is 1. The molecule has 0 bridgehead atoms. The first-order valence-corrected chi connectivity index (χ1v) is 10.0. The fourth-order valence-electron chi connectivity index (χ4n) is 3.57. The Kier molecular flexibility index (Phi) is 5.72. The molecule has 6 heteroatoms. The third kappa shape index (κ3) is 4.16. The zero-order valence-electron chi connectivity index (χ0n) is 16.5. The maximum absolute atomic E-state index is 12.8. The van der Waals surface area contributed by atoms with Crippen LogP contribution in [0.25, 0.3) is 0 Å². The molecule has 3 aromatic rings. The van der Waals surface area contributed by atoms with E-state index in [1.54, 1.807) is 60.5 Å². The first-order valence-electron chi connectivity index (χ1n) is 9.66. The highest BCUT2D eigenvalue weighted by molar-refractivity contribution is 6.30. The molecule has 0 atom stereocenters. The van der Waals surface area contributed by atoms with Gasteiger partial charge < -0.3 is 15.0 Å². The van der Waals surface area contributed by atoms with Crippen LogP contribution >= 0.6 is 11.6 Å². The van der Waals surface area contributed by atoms with Crippen LogP contribution in [0.3, 0.4) is 0 Å². The standard InChI is InChI=1S/C24H21ClN2O3/c1-30-21-4-2-3-19(14-21)23(28)26-15-16-5-10-22-18(13-16)11-12-27(22)24(29)17-6-8-20(25)9-7-17/h2-10,13-14H,11-12,15H2,1H3,(H,26,28). The molecule has 1 aliphatic heterocycles. The van der Waals surface area contributed by atoms with Crippen molar-refractivity contribution < 1.29 is 14.3 Å². The Morgan fingerprint density at radius 2 is 1.83 bits per heavy atom. The summed E-state index contributed by atoms with van der Waals surface area (Å²) in [4.78, 5) is 27.0. The van der Waals surface area contributed by atoms with Crippen molar-refractivity contribution in [2.45, 2.75) is 13.0 Å². The SMILES string of the molecule is COc1cccc(C(=O)NCc2ccc3c(c2)CCN3C(=O)c2ccc(Cl)cc2)c1. The molecule has 0 saturated carbocycles. The van der Waals surface area contributed by atoms with E-state index in [2.05, 4.69) is 11.4 Å². The van der Waals surface area contributed by atoms with Crippen molar-refractivity contribution in [3.63, 3.8) is 0 Å². The number of methoxy groups -OCH3 is 1. The quantitative estimate of drug-likeness (QED) is 0.662. The second kappa shape index (κ2) is 8.59. The zero-order valence-corrected chi connectivity index (χ0v) is 17.3. The normalized spacial score (nSPS) is 12.4. The number of ether oxygens (including phenoxy) is 1. The van der Waals surface area contributed by atoms with Gasteiger partial charge in [-0.25, -0.2) is 0 Å². The molecule has 1 aliphatic rings. The molecule has 0 aliphatic carbocycles. The Hall–Kier alpha value is -3.31. The van der Waals surface area contributed by atoms with Crippen molar-refractivity contribution in [2.24, 2.45) is 0 Å². The number of hydrogen-bond donors (Lipinski definition) is 1. The maximum Gasteiger partial charge on any atom is 0.258 e. The van der Waals surface area contributed by atoms with Crippen LogP contribution in [0.5, 0.6) is 5.75 Å². The van der Waals surface area contributed by atoms with Gasteiger partial charge in [0.2, 0.25) is 0 Å². The minimum absolute atomic E-state index is 0.0375. The summed E-state index contributed by atoms with van der Waals surface area (Å²) in [7, 11) is 1.57. The van der Waals surface area contributed by atoms with Gasteiger partial charge in [-0.2, -0.15) is 0 Å². The first-order chi connectivity index (χ1) is 14.5. The molecule has 152 valence electrons. The number of nitrogens with one attached hydrogen (secondary N) is 1. The van der Waals surface area contributed by atoms with Gasteiger partial charge in [0.15, 0.2) is 0 Å². The number of rotatable bonds is 5. The Bertz CT molecular complexity index is 1100. The third-order valence-corrected chi connectivity index (χ3v) is 5.41. The second-order valence-electron chi connectivity index (χ2n) is 7.09. The summed E-state index contributed by atoms with van der Waals surface area (Å²) >= 11 is 5.92. The third-order valence-electron chi connectivity index (χ3n) is 5.16. The van der Waals surface area contributed by atoms with E-state index < -0.39 is 0 Å². The van der Waals surface area contributed by atoms with E-state index in [4.69, 9.17) is 16.3 Å². The van der Waals surface area contributed by atoms with Gasteiger partial charge in [0.1, 0.15) is 5.75 Å². The molecule has 0 spiro atoms. The molecule has 1 N–H and O–H groups in total. The molecular weight excluding hydrogens is 400 g/mol. The van der Waals surface area contributed by atoms with E-state index in [1.165, 1.54) is 0 Å². The summed E-state index contributed by atoms with van der Waals surface area (Å²) in [6.07, 6.45) is 0.784. The predicted octanol–water partition coefficient (Wildman–Crippen LogP) is 4.48. The smallest absolute Gasteiger partial charge is 0.258 e. The number of halogens is 1. The van der Waals surface area contributed by atoms with Gasteiger partial charge in [-0.1, -0.05) is 29.8 Å². The van der Waals surface area contributed by atoms with E-state index in [9.17, 15) is 9.59 Å².